The zero-order chi connectivity index (χ0) is 17.8. The molecule has 0 amide bonds. The molecule has 1 aliphatic heterocycles. The molecule has 0 saturated carbocycles. The fourth-order valence-electron chi connectivity index (χ4n) is 3.22. The van der Waals surface area contributed by atoms with Crippen molar-refractivity contribution in [1.82, 2.24) is 20.0 Å². The van der Waals surface area contributed by atoms with Gasteiger partial charge >= 0.3 is 0 Å². The van der Waals surface area contributed by atoms with Crippen molar-refractivity contribution in [3.8, 4) is 0 Å². The maximum absolute atomic E-state index is 4.73. The Labute approximate surface area is 161 Å². The Hall–Kier alpha value is -2.06. The minimum atomic E-state index is 0.467. The first kappa shape index (κ1) is 17.4. The third-order valence-electron chi connectivity index (χ3n) is 4.54. The molecule has 1 saturated heterocycles. The number of thiophene rings is 1. The predicted octanol–water partition coefficient (Wildman–Crippen LogP) is 3.18. The van der Waals surface area contributed by atoms with Crippen molar-refractivity contribution in [1.29, 1.82) is 0 Å². The average Bonchev–Trinajstić information content (AvgIpc) is 3.38. The van der Waals surface area contributed by atoms with Gasteiger partial charge in [0.25, 0.3) is 0 Å². The molecule has 3 aromatic heterocycles. The number of aromatic nitrogens is 2. The molecule has 1 aliphatic rings. The van der Waals surface area contributed by atoms with Gasteiger partial charge in [0.05, 0.1) is 17.2 Å². The lowest BCUT2D eigenvalue weighted by molar-refractivity contribution is 0.463. The second-order valence-corrected chi connectivity index (χ2v) is 8.18. The number of rotatable bonds is 5. The van der Waals surface area contributed by atoms with Gasteiger partial charge in [-0.05, 0) is 37.3 Å². The Morgan fingerprint density at radius 3 is 2.92 bits per heavy atom. The van der Waals surface area contributed by atoms with Crippen molar-refractivity contribution in [2.24, 2.45) is 4.99 Å². The van der Waals surface area contributed by atoms with Gasteiger partial charge in [-0.15, -0.1) is 22.7 Å². The number of piperidine rings is 1. The Morgan fingerprint density at radius 2 is 2.19 bits per heavy atom. The van der Waals surface area contributed by atoms with Gasteiger partial charge in [-0.2, -0.15) is 0 Å². The maximum Gasteiger partial charge on any atom is 0.193 e. The van der Waals surface area contributed by atoms with E-state index in [9.17, 15) is 0 Å². The van der Waals surface area contributed by atoms with Crippen LogP contribution in [0.4, 0.5) is 5.00 Å². The van der Waals surface area contributed by atoms with Gasteiger partial charge in [0.1, 0.15) is 0 Å². The number of nitrogens with one attached hydrogen (secondary N) is 2. The molecule has 4 heterocycles. The van der Waals surface area contributed by atoms with Gasteiger partial charge in [0.2, 0.25) is 0 Å². The van der Waals surface area contributed by atoms with E-state index >= 15 is 0 Å². The van der Waals surface area contributed by atoms with Crippen LogP contribution in [0, 0.1) is 0 Å². The third kappa shape index (κ3) is 4.02. The Morgan fingerprint density at radius 1 is 1.31 bits per heavy atom. The van der Waals surface area contributed by atoms with Gasteiger partial charge in [0.15, 0.2) is 10.9 Å². The lowest BCUT2D eigenvalue weighted by Crippen LogP contribution is -2.48. The van der Waals surface area contributed by atoms with E-state index in [4.69, 9.17) is 4.99 Å². The summed E-state index contributed by atoms with van der Waals surface area (Å²) in [6.07, 6.45) is 6.34. The van der Waals surface area contributed by atoms with Crippen molar-refractivity contribution in [2.75, 3.05) is 24.5 Å². The highest BCUT2D eigenvalue weighted by Crippen LogP contribution is 2.24. The first-order valence-corrected chi connectivity index (χ1v) is 10.8. The normalized spacial score (nSPS) is 16.3. The van der Waals surface area contributed by atoms with E-state index in [0.717, 1.165) is 49.1 Å². The first-order chi connectivity index (χ1) is 12.8. The van der Waals surface area contributed by atoms with E-state index in [1.807, 2.05) is 22.9 Å². The Bertz CT molecular complexity index is 814. The topological polar surface area (TPSA) is 57.0 Å². The monoisotopic (exact) mass is 388 g/mol. The number of hydrogen-bond donors (Lipinski definition) is 2. The van der Waals surface area contributed by atoms with Gasteiger partial charge in [0, 0.05) is 43.4 Å². The van der Waals surface area contributed by atoms with Crippen LogP contribution in [0.15, 0.2) is 40.3 Å². The minimum absolute atomic E-state index is 0.467. The van der Waals surface area contributed by atoms with Gasteiger partial charge in [-0.25, -0.2) is 9.98 Å². The van der Waals surface area contributed by atoms with Crippen molar-refractivity contribution in [3.63, 3.8) is 0 Å². The van der Waals surface area contributed by atoms with Crippen molar-refractivity contribution >= 4 is 38.6 Å². The molecule has 26 heavy (non-hydrogen) atoms. The van der Waals surface area contributed by atoms with E-state index in [1.165, 1.54) is 5.00 Å². The minimum Gasteiger partial charge on any atom is -0.363 e. The van der Waals surface area contributed by atoms with E-state index < -0.39 is 0 Å². The van der Waals surface area contributed by atoms with Crippen LogP contribution in [0.1, 0.15) is 25.5 Å². The summed E-state index contributed by atoms with van der Waals surface area (Å²) in [5.74, 6) is 0.887. The van der Waals surface area contributed by atoms with Crippen LogP contribution in [0.25, 0.3) is 4.96 Å². The molecule has 0 spiro atoms. The van der Waals surface area contributed by atoms with Crippen LogP contribution in [-0.4, -0.2) is 41.0 Å². The smallest absolute Gasteiger partial charge is 0.193 e. The van der Waals surface area contributed by atoms with Crippen LogP contribution in [0.2, 0.25) is 0 Å². The molecular weight excluding hydrogens is 364 g/mol. The lowest BCUT2D eigenvalue weighted by Gasteiger charge is -2.33. The summed E-state index contributed by atoms with van der Waals surface area (Å²) in [6.45, 7) is 5.74. The van der Waals surface area contributed by atoms with E-state index in [-0.39, 0.29) is 0 Å². The Kier molecular flexibility index (Phi) is 5.40. The number of nitrogens with zero attached hydrogens (tertiary/aromatic N) is 4. The molecule has 1 fully saturated rings. The Balaban J connectivity index is 1.33. The molecule has 0 unspecified atom stereocenters. The third-order valence-corrected chi connectivity index (χ3v) is 6.24. The van der Waals surface area contributed by atoms with Crippen LogP contribution < -0.4 is 15.5 Å². The summed E-state index contributed by atoms with van der Waals surface area (Å²) in [4.78, 5) is 12.8. The molecule has 0 bridgehead atoms. The molecule has 3 aromatic rings. The van der Waals surface area contributed by atoms with Crippen LogP contribution in [-0.2, 0) is 6.54 Å². The quantitative estimate of drug-likeness (QED) is 0.521. The number of anilines is 1. The number of imidazole rings is 1. The summed E-state index contributed by atoms with van der Waals surface area (Å²) in [5, 5.41) is 12.5. The van der Waals surface area contributed by atoms with E-state index in [0.29, 0.717) is 12.6 Å². The summed E-state index contributed by atoms with van der Waals surface area (Å²) in [5.41, 5.74) is 1.00. The number of thiazole rings is 1. The molecule has 0 radical (unpaired) electrons. The van der Waals surface area contributed by atoms with Gasteiger partial charge in [-0.3, -0.25) is 4.40 Å². The number of aliphatic imine (C=N–C) groups is 1. The highest BCUT2D eigenvalue weighted by atomic mass is 32.1. The van der Waals surface area contributed by atoms with Crippen LogP contribution in [0.5, 0.6) is 0 Å². The predicted molar refractivity (Wildman–Crippen MR) is 111 cm³/mol. The molecule has 0 atom stereocenters. The fraction of sp³-hybridized carbons (Fsp3) is 0.444. The molecule has 8 heteroatoms. The number of hydrogen-bond acceptors (Lipinski definition) is 5. The molecule has 6 nitrogen and oxygen atoms in total. The zero-order valence-corrected chi connectivity index (χ0v) is 16.5. The number of fused-ring (bicyclic) bond motifs is 1. The second-order valence-electron chi connectivity index (χ2n) is 6.38. The van der Waals surface area contributed by atoms with Crippen molar-refractivity contribution < 1.29 is 0 Å². The zero-order valence-electron chi connectivity index (χ0n) is 14.9. The summed E-state index contributed by atoms with van der Waals surface area (Å²) < 4.78 is 2.05. The van der Waals surface area contributed by atoms with E-state index in [2.05, 4.69) is 55.6 Å². The molecule has 2 N–H and O–H groups in total. The fourth-order valence-corrected chi connectivity index (χ4v) is 4.72. The average molecular weight is 389 g/mol. The second kappa shape index (κ2) is 8.09. The summed E-state index contributed by atoms with van der Waals surface area (Å²) >= 11 is 3.47. The highest BCUT2D eigenvalue weighted by Gasteiger charge is 2.20. The summed E-state index contributed by atoms with van der Waals surface area (Å²) in [7, 11) is 0. The van der Waals surface area contributed by atoms with Crippen molar-refractivity contribution in [3.05, 3.63) is 41.0 Å². The maximum atomic E-state index is 4.73. The first-order valence-electron chi connectivity index (χ1n) is 9.06. The molecular formula is C18H24N6S2. The molecule has 4 rings (SSSR count). The molecule has 138 valence electrons. The van der Waals surface area contributed by atoms with Crippen LogP contribution >= 0.6 is 22.7 Å². The number of guanidine groups is 1. The summed E-state index contributed by atoms with van der Waals surface area (Å²) in [6, 6.07) is 4.80. The standard InChI is InChI=1S/C18H24N6S2/c1-2-19-17(20-12-15-13-24-9-11-26-18(24)22-15)21-14-5-7-23(8-6-14)16-4-3-10-25-16/h3-4,9-11,13-14H,2,5-8,12H2,1H3,(H2,19,20,21). The van der Waals surface area contributed by atoms with Gasteiger partial charge in [-0.1, -0.05) is 0 Å². The van der Waals surface area contributed by atoms with Crippen molar-refractivity contribution in [2.45, 2.75) is 32.4 Å². The lowest BCUT2D eigenvalue weighted by atomic mass is 10.1. The molecule has 0 aromatic carbocycles. The largest absolute Gasteiger partial charge is 0.363 e. The van der Waals surface area contributed by atoms with Crippen LogP contribution in [0.3, 0.4) is 0 Å². The molecule has 0 aliphatic carbocycles. The van der Waals surface area contributed by atoms with Gasteiger partial charge < -0.3 is 15.5 Å². The SMILES string of the molecule is CCNC(=NCc1cn2ccsc2n1)NC1CCN(c2cccs2)CC1. The van der Waals surface area contributed by atoms with E-state index in [1.54, 1.807) is 11.3 Å². The highest BCUT2D eigenvalue weighted by molar-refractivity contribution is 7.15.